The molecular formula is C58H38N2O. The number of aromatic nitrogens is 1. The van der Waals surface area contributed by atoms with Crippen LogP contribution in [0, 0.1) is 0 Å². The molecule has 2 aromatic heterocycles. The number of fused-ring (bicyclic) bond motifs is 7. The van der Waals surface area contributed by atoms with E-state index in [-0.39, 0.29) is 0 Å². The molecule has 0 radical (unpaired) electrons. The second-order valence-electron chi connectivity index (χ2n) is 15.8. The van der Waals surface area contributed by atoms with Crippen LogP contribution >= 0.6 is 0 Å². The van der Waals surface area contributed by atoms with Gasteiger partial charge in [-0.15, -0.1) is 0 Å². The SMILES string of the molecule is c1ccc(N(c2ccccc2)c2ccc(-c3cc(-c4ccc(-n5c6ccccc6c6ccccc65)cc4)cc(-c4ccc5c(c4)oc4cc6ccccc6cc45)c3)cc2)cc1. The Hall–Kier alpha value is -8.14. The summed E-state index contributed by atoms with van der Waals surface area (Å²) in [6.07, 6.45) is 0. The Balaban J connectivity index is 0.982. The highest BCUT2D eigenvalue weighted by Crippen LogP contribution is 2.40. The molecule has 0 aliphatic rings. The summed E-state index contributed by atoms with van der Waals surface area (Å²) in [6, 6.07) is 82.9. The van der Waals surface area contributed by atoms with Gasteiger partial charge in [-0.05, 0) is 147 Å². The molecule has 0 atom stereocenters. The first-order chi connectivity index (χ1) is 30.2. The van der Waals surface area contributed by atoms with E-state index in [2.05, 4.69) is 240 Å². The molecule has 0 fully saturated rings. The van der Waals surface area contributed by atoms with Crippen LogP contribution in [0.3, 0.4) is 0 Å². The topological polar surface area (TPSA) is 21.3 Å². The van der Waals surface area contributed by atoms with Crippen LogP contribution < -0.4 is 4.90 Å². The van der Waals surface area contributed by atoms with Gasteiger partial charge in [0.15, 0.2) is 0 Å². The van der Waals surface area contributed by atoms with Gasteiger partial charge >= 0.3 is 0 Å². The van der Waals surface area contributed by atoms with Crippen LogP contribution in [0.4, 0.5) is 17.1 Å². The molecule has 2 heterocycles. The minimum atomic E-state index is 0.886. The van der Waals surface area contributed by atoms with Crippen molar-refractivity contribution in [2.24, 2.45) is 0 Å². The summed E-state index contributed by atoms with van der Waals surface area (Å²) in [6.45, 7) is 0. The van der Waals surface area contributed by atoms with Gasteiger partial charge in [0.2, 0.25) is 0 Å². The Kier molecular flexibility index (Phi) is 8.17. The van der Waals surface area contributed by atoms with Gasteiger partial charge in [-0.3, -0.25) is 0 Å². The smallest absolute Gasteiger partial charge is 0.136 e. The van der Waals surface area contributed by atoms with E-state index in [9.17, 15) is 0 Å². The van der Waals surface area contributed by atoms with Crippen LogP contribution in [0.2, 0.25) is 0 Å². The number of hydrogen-bond donors (Lipinski definition) is 0. The fourth-order valence-electron chi connectivity index (χ4n) is 9.18. The third-order valence-corrected chi connectivity index (χ3v) is 12.1. The molecular weight excluding hydrogens is 741 g/mol. The van der Waals surface area contributed by atoms with Gasteiger partial charge in [-0.25, -0.2) is 0 Å². The molecule has 3 nitrogen and oxygen atoms in total. The molecule has 0 N–H and O–H groups in total. The van der Waals surface area contributed by atoms with Gasteiger partial charge in [-0.1, -0.05) is 127 Å². The van der Waals surface area contributed by atoms with Crippen LogP contribution in [0.5, 0.6) is 0 Å². The average molecular weight is 779 g/mol. The molecule has 0 aliphatic carbocycles. The second kappa shape index (κ2) is 14.3. The normalized spacial score (nSPS) is 11.6. The fourth-order valence-corrected chi connectivity index (χ4v) is 9.18. The number of benzene rings is 10. The molecule has 0 saturated heterocycles. The lowest BCUT2D eigenvalue weighted by Gasteiger charge is -2.25. The molecule has 10 aromatic carbocycles. The quantitative estimate of drug-likeness (QED) is 0.161. The highest BCUT2D eigenvalue weighted by molar-refractivity contribution is 6.11. The van der Waals surface area contributed by atoms with Gasteiger partial charge in [0.25, 0.3) is 0 Å². The maximum absolute atomic E-state index is 6.56. The largest absolute Gasteiger partial charge is 0.456 e. The van der Waals surface area contributed by atoms with E-state index >= 15 is 0 Å². The lowest BCUT2D eigenvalue weighted by Crippen LogP contribution is -2.09. The Morgan fingerprint density at radius 1 is 0.295 bits per heavy atom. The summed E-state index contributed by atoms with van der Waals surface area (Å²) in [7, 11) is 0. The van der Waals surface area contributed by atoms with Crippen molar-refractivity contribution in [3.05, 3.63) is 231 Å². The van der Waals surface area contributed by atoms with Crippen molar-refractivity contribution in [1.29, 1.82) is 0 Å². The standard InChI is InChI=1S/C58H38N2O/c1-3-15-47(16-4-1)59(48-17-5-2-6-18-48)49-28-23-39(24-29-49)44-33-45(40-25-30-50(31-26-40)60-55-21-11-9-19-51(55)52-20-10-12-22-56(52)60)35-46(34-44)43-27-32-53-54-36-41-13-7-8-14-42(41)37-58(54)61-57(53)38-43/h1-38H. The Bertz CT molecular complexity index is 3470. The highest BCUT2D eigenvalue weighted by atomic mass is 16.3. The van der Waals surface area contributed by atoms with E-state index in [1.54, 1.807) is 0 Å². The zero-order chi connectivity index (χ0) is 40.3. The van der Waals surface area contributed by atoms with Crippen molar-refractivity contribution >= 4 is 71.6 Å². The monoisotopic (exact) mass is 778 g/mol. The number of anilines is 3. The summed E-state index contributed by atoms with van der Waals surface area (Å²) in [4.78, 5) is 2.30. The van der Waals surface area contributed by atoms with Crippen molar-refractivity contribution in [3.8, 4) is 39.1 Å². The number of nitrogens with zero attached hydrogens (tertiary/aromatic N) is 2. The zero-order valence-corrected chi connectivity index (χ0v) is 33.2. The van der Waals surface area contributed by atoms with Crippen LogP contribution in [0.1, 0.15) is 0 Å². The Labute approximate surface area is 353 Å². The molecule has 0 unspecified atom stereocenters. The Morgan fingerprint density at radius 2 is 0.754 bits per heavy atom. The van der Waals surface area contributed by atoms with Crippen molar-refractivity contribution < 1.29 is 4.42 Å². The third kappa shape index (κ3) is 6.06. The number of furan rings is 1. The van der Waals surface area contributed by atoms with E-state index in [1.807, 2.05) is 0 Å². The molecule has 0 bridgehead atoms. The number of hydrogen-bond acceptors (Lipinski definition) is 2. The lowest BCUT2D eigenvalue weighted by molar-refractivity contribution is 0.669. The molecule has 0 aliphatic heterocycles. The molecule has 0 saturated carbocycles. The second-order valence-corrected chi connectivity index (χ2v) is 15.8. The molecule has 12 aromatic rings. The van der Waals surface area contributed by atoms with Gasteiger partial charge < -0.3 is 13.9 Å². The first-order valence-corrected chi connectivity index (χ1v) is 20.8. The van der Waals surface area contributed by atoms with Gasteiger partial charge in [0.05, 0.1) is 11.0 Å². The summed E-state index contributed by atoms with van der Waals surface area (Å²) in [5.41, 5.74) is 15.5. The summed E-state index contributed by atoms with van der Waals surface area (Å²) < 4.78 is 8.94. The van der Waals surface area contributed by atoms with Crippen molar-refractivity contribution in [2.45, 2.75) is 0 Å². The minimum Gasteiger partial charge on any atom is -0.456 e. The Morgan fingerprint density at radius 3 is 1.36 bits per heavy atom. The number of rotatable bonds is 7. The molecule has 12 rings (SSSR count). The minimum absolute atomic E-state index is 0.886. The highest BCUT2D eigenvalue weighted by Gasteiger charge is 2.16. The molecule has 0 amide bonds. The van der Waals surface area contributed by atoms with Gasteiger partial charge in [0.1, 0.15) is 11.2 Å². The van der Waals surface area contributed by atoms with E-state index < -0.39 is 0 Å². The summed E-state index contributed by atoms with van der Waals surface area (Å²) in [5, 5.41) is 7.17. The summed E-state index contributed by atoms with van der Waals surface area (Å²) >= 11 is 0. The van der Waals surface area contributed by atoms with Crippen molar-refractivity contribution in [1.82, 2.24) is 4.57 Å². The zero-order valence-electron chi connectivity index (χ0n) is 33.2. The first kappa shape index (κ1) is 34.9. The van der Waals surface area contributed by atoms with Crippen LogP contribution in [0.15, 0.2) is 235 Å². The van der Waals surface area contributed by atoms with E-state index in [4.69, 9.17) is 4.42 Å². The predicted octanol–water partition coefficient (Wildman–Crippen LogP) is 16.3. The maximum Gasteiger partial charge on any atom is 0.136 e. The van der Waals surface area contributed by atoms with E-state index in [0.717, 1.165) is 78.1 Å². The van der Waals surface area contributed by atoms with Crippen molar-refractivity contribution in [2.75, 3.05) is 4.90 Å². The number of para-hydroxylation sites is 4. The van der Waals surface area contributed by atoms with E-state index in [1.165, 1.54) is 32.6 Å². The molecule has 0 spiro atoms. The molecule has 286 valence electrons. The first-order valence-electron chi connectivity index (χ1n) is 20.8. The molecule has 61 heavy (non-hydrogen) atoms. The maximum atomic E-state index is 6.56. The van der Waals surface area contributed by atoms with E-state index in [0.29, 0.717) is 0 Å². The summed E-state index contributed by atoms with van der Waals surface area (Å²) in [5.74, 6) is 0. The third-order valence-electron chi connectivity index (χ3n) is 12.1. The van der Waals surface area contributed by atoms with Gasteiger partial charge in [0, 0.05) is 44.3 Å². The fraction of sp³-hybridized carbons (Fsp3) is 0. The molecule has 3 heteroatoms. The van der Waals surface area contributed by atoms with Crippen LogP contribution in [-0.2, 0) is 0 Å². The van der Waals surface area contributed by atoms with Gasteiger partial charge in [-0.2, -0.15) is 0 Å². The van der Waals surface area contributed by atoms with Crippen LogP contribution in [0.25, 0.3) is 93.6 Å². The average Bonchev–Trinajstić information content (AvgIpc) is 3.86. The predicted molar refractivity (Wildman–Crippen MR) is 257 cm³/mol. The van der Waals surface area contributed by atoms with Crippen LogP contribution in [-0.4, -0.2) is 4.57 Å². The lowest BCUT2D eigenvalue weighted by atomic mass is 9.92. The van der Waals surface area contributed by atoms with Crippen molar-refractivity contribution in [3.63, 3.8) is 0 Å².